The fourth-order valence-corrected chi connectivity index (χ4v) is 1.80. The van der Waals surface area contributed by atoms with E-state index in [2.05, 4.69) is 0 Å². The summed E-state index contributed by atoms with van der Waals surface area (Å²) in [5.74, 6) is -0.338. The smallest absolute Gasteiger partial charge is 0.335 e. The van der Waals surface area contributed by atoms with Gasteiger partial charge in [-0.25, -0.2) is 9.59 Å². The SMILES string of the molecule is Cn1ccn(CCCOc2ccc(C(=O)O)cc2)c1=O. The van der Waals surface area contributed by atoms with Gasteiger partial charge in [-0.2, -0.15) is 0 Å². The van der Waals surface area contributed by atoms with Crippen molar-refractivity contribution >= 4 is 5.97 Å². The number of aromatic nitrogens is 2. The van der Waals surface area contributed by atoms with Gasteiger partial charge in [0.05, 0.1) is 12.2 Å². The van der Waals surface area contributed by atoms with Crippen molar-refractivity contribution in [2.75, 3.05) is 6.61 Å². The highest BCUT2D eigenvalue weighted by Gasteiger charge is 2.02. The molecule has 2 rings (SSSR count). The van der Waals surface area contributed by atoms with E-state index in [1.54, 1.807) is 36.1 Å². The second kappa shape index (κ2) is 6.10. The number of carboxylic acid groups (broad SMARTS) is 1. The molecule has 0 amide bonds. The molecule has 0 aliphatic rings. The molecule has 0 aliphatic carbocycles. The Balaban J connectivity index is 1.80. The average Bonchev–Trinajstić information content (AvgIpc) is 2.76. The molecule has 1 aromatic heterocycles. The lowest BCUT2D eigenvalue weighted by Crippen LogP contribution is -2.22. The largest absolute Gasteiger partial charge is 0.494 e. The molecule has 6 heteroatoms. The molecule has 0 bridgehead atoms. The first-order chi connectivity index (χ1) is 9.58. The van der Waals surface area contributed by atoms with Crippen LogP contribution in [0.25, 0.3) is 0 Å². The molecular formula is C14H16N2O4. The summed E-state index contributed by atoms with van der Waals surface area (Å²) in [7, 11) is 1.71. The number of aromatic carboxylic acids is 1. The van der Waals surface area contributed by atoms with E-state index in [0.29, 0.717) is 25.3 Å². The number of benzene rings is 1. The second-order valence-electron chi connectivity index (χ2n) is 4.42. The Morgan fingerprint density at radius 2 is 1.95 bits per heavy atom. The minimum Gasteiger partial charge on any atom is -0.494 e. The number of hydrogen-bond acceptors (Lipinski definition) is 3. The number of hydrogen-bond donors (Lipinski definition) is 1. The molecule has 0 saturated heterocycles. The lowest BCUT2D eigenvalue weighted by atomic mass is 10.2. The van der Waals surface area contributed by atoms with E-state index in [1.807, 2.05) is 0 Å². The molecule has 1 N–H and O–H groups in total. The first kappa shape index (κ1) is 13.9. The summed E-state index contributed by atoms with van der Waals surface area (Å²) in [5, 5.41) is 8.77. The zero-order chi connectivity index (χ0) is 14.5. The summed E-state index contributed by atoms with van der Waals surface area (Å²) < 4.78 is 8.64. The standard InChI is InChI=1S/C14H16N2O4/c1-15-8-9-16(14(15)19)7-2-10-20-12-5-3-11(4-6-12)13(17)18/h3-6,8-9H,2,7,10H2,1H3,(H,17,18). The van der Waals surface area contributed by atoms with Crippen molar-refractivity contribution < 1.29 is 14.6 Å². The molecule has 2 aromatic rings. The summed E-state index contributed by atoms with van der Waals surface area (Å²) in [6, 6.07) is 6.25. The number of imidazole rings is 1. The monoisotopic (exact) mass is 276 g/mol. The fraction of sp³-hybridized carbons (Fsp3) is 0.286. The molecule has 106 valence electrons. The molecule has 0 radical (unpaired) electrons. The van der Waals surface area contributed by atoms with Gasteiger partial charge in [0.25, 0.3) is 0 Å². The van der Waals surface area contributed by atoms with Gasteiger partial charge in [-0.1, -0.05) is 0 Å². The van der Waals surface area contributed by atoms with Crippen LogP contribution in [0.3, 0.4) is 0 Å². The van der Waals surface area contributed by atoms with E-state index in [-0.39, 0.29) is 11.3 Å². The summed E-state index contributed by atoms with van der Waals surface area (Å²) in [4.78, 5) is 22.3. The van der Waals surface area contributed by atoms with Gasteiger partial charge in [0, 0.05) is 26.0 Å². The number of ether oxygens (including phenoxy) is 1. The Kier molecular flexibility index (Phi) is 4.24. The average molecular weight is 276 g/mol. The van der Waals surface area contributed by atoms with Crippen molar-refractivity contribution in [3.05, 3.63) is 52.7 Å². The van der Waals surface area contributed by atoms with E-state index in [0.717, 1.165) is 0 Å². The van der Waals surface area contributed by atoms with Crippen molar-refractivity contribution in [1.29, 1.82) is 0 Å². The van der Waals surface area contributed by atoms with Crippen LogP contribution in [-0.4, -0.2) is 26.8 Å². The van der Waals surface area contributed by atoms with E-state index in [1.165, 1.54) is 16.7 Å². The summed E-state index contributed by atoms with van der Waals surface area (Å²) in [6.07, 6.45) is 4.16. The maximum Gasteiger partial charge on any atom is 0.335 e. The van der Waals surface area contributed by atoms with Gasteiger partial charge >= 0.3 is 11.7 Å². The topological polar surface area (TPSA) is 73.5 Å². The first-order valence-corrected chi connectivity index (χ1v) is 6.26. The van der Waals surface area contributed by atoms with Gasteiger partial charge in [-0.15, -0.1) is 0 Å². The predicted molar refractivity (Wildman–Crippen MR) is 73.2 cm³/mol. The van der Waals surface area contributed by atoms with E-state index < -0.39 is 5.97 Å². The third-order valence-electron chi connectivity index (χ3n) is 2.93. The highest BCUT2D eigenvalue weighted by atomic mass is 16.5. The maximum absolute atomic E-state index is 11.6. The van der Waals surface area contributed by atoms with Crippen molar-refractivity contribution in [1.82, 2.24) is 9.13 Å². The minimum absolute atomic E-state index is 0.0455. The molecule has 20 heavy (non-hydrogen) atoms. The van der Waals surface area contributed by atoms with Gasteiger partial charge in [0.15, 0.2) is 0 Å². The van der Waals surface area contributed by atoms with Crippen LogP contribution in [0.15, 0.2) is 41.5 Å². The van der Waals surface area contributed by atoms with Gasteiger partial charge < -0.3 is 14.4 Å². The minimum atomic E-state index is -0.958. The van der Waals surface area contributed by atoms with Gasteiger partial charge in [0.2, 0.25) is 0 Å². The number of aryl methyl sites for hydroxylation is 2. The van der Waals surface area contributed by atoms with Crippen molar-refractivity contribution in [2.45, 2.75) is 13.0 Å². The number of nitrogens with zero attached hydrogens (tertiary/aromatic N) is 2. The Labute approximate surface area is 115 Å². The van der Waals surface area contributed by atoms with Crippen molar-refractivity contribution in [3.8, 4) is 5.75 Å². The normalized spacial score (nSPS) is 10.4. The van der Waals surface area contributed by atoms with Crippen molar-refractivity contribution in [2.24, 2.45) is 7.05 Å². The molecule has 1 heterocycles. The summed E-state index contributed by atoms with van der Waals surface area (Å²) in [5.41, 5.74) is 0.184. The van der Waals surface area contributed by atoms with Crippen LogP contribution in [0.4, 0.5) is 0 Å². The second-order valence-corrected chi connectivity index (χ2v) is 4.42. The highest BCUT2D eigenvalue weighted by Crippen LogP contribution is 2.12. The number of carboxylic acids is 1. The van der Waals surface area contributed by atoms with E-state index >= 15 is 0 Å². The number of carbonyl (C=O) groups is 1. The third kappa shape index (κ3) is 3.28. The van der Waals surface area contributed by atoms with Crippen LogP contribution in [-0.2, 0) is 13.6 Å². The van der Waals surface area contributed by atoms with Gasteiger partial charge in [-0.3, -0.25) is 4.57 Å². The first-order valence-electron chi connectivity index (χ1n) is 6.26. The number of rotatable bonds is 6. The van der Waals surface area contributed by atoms with Crippen LogP contribution in [0, 0.1) is 0 Å². The molecule has 6 nitrogen and oxygen atoms in total. The van der Waals surface area contributed by atoms with Crippen LogP contribution in [0.5, 0.6) is 5.75 Å². The zero-order valence-corrected chi connectivity index (χ0v) is 11.2. The van der Waals surface area contributed by atoms with Gasteiger partial charge in [0.1, 0.15) is 5.75 Å². The molecule has 0 spiro atoms. The predicted octanol–water partition coefficient (Wildman–Crippen LogP) is 1.35. The molecule has 1 aromatic carbocycles. The van der Waals surface area contributed by atoms with Gasteiger partial charge in [-0.05, 0) is 30.7 Å². The Morgan fingerprint density at radius 3 is 2.50 bits per heavy atom. The van der Waals surface area contributed by atoms with Crippen LogP contribution in [0.2, 0.25) is 0 Å². The quantitative estimate of drug-likeness (QED) is 0.808. The summed E-state index contributed by atoms with van der Waals surface area (Å²) in [6.45, 7) is 1.06. The van der Waals surface area contributed by atoms with Crippen LogP contribution >= 0.6 is 0 Å². The molecular weight excluding hydrogens is 260 g/mol. The Hall–Kier alpha value is -2.50. The summed E-state index contributed by atoms with van der Waals surface area (Å²) >= 11 is 0. The van der Waals surface area contributed by atoms with Crippen LogP contribution < -0.4 is 10.4 Å². The molecule has 0 unspecified atom stereocenters. The van der Waals surface area contributed by atoms with Crippen molar-refractivity contribution in [3.63, 3.8) is 0 Å². The van der Waals surface area contributed by atoms with Crippen LogP contribution in [0.1, 0.15) is 16.8 Å². The molecule has 0 saturated carbocycles. The van der Waals surface area contributed by atoms with E-state index in [4.69, 9.17) is 9.84 Å². The molecule has 0 aliphatic heterocycles. The fourth-order valence-electron chi connectivity index (χ4n) is 1.80. The molecule has 0 fully saturated rings. The maximum atomic E-state index is 11.6. The lowest BCUT2D eigenvalue weighted by molar-refractivity contribution is 0.0697. The highest BCUT2D eigenvalue weighted by molar-refractivity contribution is 5.87. The Morgan fingerprint density at radius 1 is 1.25 bits per heavy atom. The Bertz CT molecular complexity index is 640. The molecule has 0 atom stereocenters. The zero-order valence-electron chi connectivity index (χ0n) is 11.2. The lowest BCUT2D eigenvalue weighted by Gasteiger charge is -2.06. The third-order valence-corrected chi connectivity index (χ3v) is 2.93. The van der Waals surface area contributed by atoms with E-state index in [9.17, 15) is 9.59 Å².